The Morgan fingerprint density at radius 3 is 2.29 bits per heavy atom. The molecule has 94 valence electrons. The third-order valence-electron chi connectivity index (χ3n) is 2.83. The van der Waals surface area contributed by atoms with Gasteiger partial charge in [0, 0.05) is 13.1 Å². The third-order valence-corrected chi connectivity index (χ3v) is 4.88. The minimum Gasteiger partial charge on any atom is -0.478 e. The Hall–Kier alpha value is -1.34. The average Bonchev–Trinajstić information content (AvgIpc) is 2.36. The van der Waals surface area contributed by atoms with E-state index in [0.29, 0.717) is 13.1 Å². The fraction of sp³-hybridized carbons (Fsp3) is 0.500. The van der Waals surface area contributed by atoms with Crippen molar-refractivity contribution >= 4 is 16.0 Å². The van der Waals surface area contributed by atoms with Crippen molar-refractivity contribution in [3.8, 4) is 0 Å². The predicted octanol–water partition coefficient (Wildman–Crippen LogP) is 0.989. The highest BCUT2D eigenvalue weighted by atomic mass is 32.2. The summed E-state index contributed by atoms with van der Waals surface area (Å²) in [7, 11) is -3.73. The summed E-state index contributed by atoms with van der Waals surface area (Å²) in [5.74, 6) is -1.03. The van der Waals surface area contributed by atoms with Crippen LogP contribution in [-0.4, -0.2) is 36.9 Å². The van der Waals surface area contributed by atoms with Crippen LogP contribution in [0.2, 0.25) is 0 Å². The monoisotopic (exact) mass is 259 g/mol. The number of carbonyl (C=O) groups is 1. The molecule has 1 N–H and O–H groups in total. The number of carboxylic acid groups (broad SMARTS) is 1. The van der Waals surface area contributed by atoms with Crippen LogP contribution in [0.5, 0.6) is 0 Å². The lowest BCUT2D eigenvalue weighted by Crippen LogP contribution is -2.42. The van der Waals surface area contributed by atoms with E-state index >= 15 is 0 Å². The summed E-state index contributed by atoms with van der Waals surface area (Å²) in [6.07, 6.45) is 0.803. The molecular weight excluding hydrogens is 246 g/mol. The number of rotatable bonds is 3. The van der Waals surface area contributed by atoms with E-state index in [4.69, 9.17) is 9.52 Å². The van der Waals surface area contributed by atoms with Gasteiger partial charge in [-0.15, -0.1) is 0 Å². The van der Waals surface area contributed by atoms with Crippen molar-refractivity contribution in [3.63, 3.8) is 0 Å². The Balaban J connectivity index is 2.62. The Bertz CT molecular complexity index is 568. The van der Waals surface area contributed by atoms with Gasteiger partial charge in [-0.05, 0) is 20.3 Å². The number of nitrogens with zero attached hydrogens (tertiary/aromatic N) is 1. The quantitative estimate of drug-likeness (QED) is 0.874. The molecule has 0 spiro atoms. The number of aryl methyl sites for hydroxylation is 2. The van der Waals surface area contributed by atoms with Gasteiger partial charge in [-0.1, -0.05) is 0 Å². The van der Waals surface area contributed by atoms with Gasteiger partial charge >= 0.3 is 5.97 Å². The van der Waals surface area contributed by atoms with Crippen LogP contribution in [0, 0.1) is 13.8 Å². The minimum atomic E-state index is -3.73. The van der Waals surface area contributed by atoms with E-state index in [0.717, 1.165) is 6.42 Å². The van der Waals surface area contributed by atoms with Crippen LogP contribution in [0.3, 0.4) is 0 Å². The number of hydrogen-bond acceptors (Lipinski definition) is 4. The van der Waals surface area contributed by atoms with E-state index in [1.165, 1.54) is 18.2 Å². The van der Waals surface area contributed by atoms with Crippen LogP contribution in [0.4, 0.5) is 0 Å². The second kappa shape index (κ2) is 3.85. The molecule has 0 amide bonds. The zero-order chi connectivity index (χ0) is 12.8. The second-order valence-electron chi connectivity index (χ2n) is 3.98. The first-order valence-corrected chi connectivity index (χ1v) is 6.63. The predicted molar refractivity (Wildman–Crippen MR) is 58.5 cm³/mol. The van der Waals surface area contributed by atoms with E-state index in [9.17, 15) is 13.2 Å². The average molecular weight is 259 g/mol. The Morgan fingerprint density at radius 2 is 1.88 bits per heavy atom. The van der Waals surface area contributed by atoms with Gasteiger partial charge < -0.3 is 9.52 Å². The van der Waals surface area contributed by atoms with Crippen LogP contribution >= 0.6 is 0 Å². The van der Waals surface area contributed by atoms with Crippen LogP contribution < -0.4 is 0 Å². The van der Waals surface area contributed by atoms with Gasteiger partial charge in [-0.3, -0.25) is 0 Å². The standard InChI is InChI=1S/C10H13NO5S/c1-6-8(10(12)13)9(7(2)16-6)17(14,15)11-4-3-5-11/h3-5H2,1-2H3,(H,12,13). The van der Waals surface area contributed by atoms with Gasteiger partial charge in [-0.25, -0.2) is 13.2 Å². The minimum absolute atomic E-state index is 0.120. The molecule has 0 aromatic carbocycles. The summed E-state index contributed by atoms with van der Waals surface area (Å²) < 4.78 is 30.7. The molecule has 17 heavy (non-hydrogen) atoms. The summed E-state index contributed by atoms with van der Waals surface area (Å²) in [6, 6.07) is 0. The molecule has 7 heteroatoms. The molecule has 6 nitrogen and oxygen atoms in total. The highest BCUT2D eigenvalue weighted by molar-refractivity contribution is 7.89. The summed E-state index contributed by atoms with van der Waals surface area (Å²) >= 11 is 0. The number of carboxylic acids is 1. The maximum absolute atomic E-state index is 12.2. The Kier molecular flexibility index (Phi) is 2.75. The normalized spacial score (nSPS) is 16.8. The lowest BCUT2D eigenvalue weighted by atomic mass is 10.2. The van der Waals surface area contributed by atoms with Crippen LogP contribution in [0.1, 0.15) is 28.3 Å². The van der Waals surface area contributed by atoms with Crippen LogP contribution in [0.25, 0.3) is 0 Å². The van der Waals surface area contributed by atoms with Crippen molar-refractivity contribution in [2.75, 3.05) is 13.1 Å². The SMILES string of the molecule is Cc1oc(C)c(S(=O)(=O)N2CCC2)c1C(=O)O. The summed E-state index contributed by atoms with van der Waals surface area (Å²) in [5.41, 5.74) is -0.255. The Labute approximate surface area is 98.9 Å². The summed E-state index contributed by atoms with van der Waals surface area (Å²) in [4.78, 5) is 10.9. The van der Waals surface area contributed by atoms with Crippen molar-refractivity contribution in [1.29, 1.82) is 0 Å². The van der Waals surface area contributed by atoms with Gasteiger partial charge in [-0.2, -0.15) is 4.31 Å². The van der Waals surface area contributed by atoms with Crippen LogP contribution in [0.15, 0.2) is 9.31 Å². The molecule has 0 radical (unpaired) electrons. The molecule has 0 bridgehead atoms. The fourth-order valence-electron chi connectivity index (χ4n) is 1.88. The molecule has 0 aliphatic carbocycles. The smallest absolute Gasteiger partial charge is 0.340 e. The van der Waals surface area contributed by atoms with Crippen molar-refractivity contribution < 1.29 is 22.7 Å². The van der Waals surface area contributed by atoms with E-state index < -0.39 is 16.0 Å². The van der Waals surface area contributed by atoms with E-state index in [2.05, 4.69) is 0 Å². The second-order valence-corrected chi connectivity index (χ2v) is 5.86. The lowest BCUT2D eigenvalue weighted by molar-refractivity contribution is 0.0691. The number of sulfonamides is 1. The zero-order valence-corrected chi connectivity index (χ0v) is 10.4. The molecule has 0 atom stereocenters. The van der Waals surface area contributed by atoms with Crippen molar-refractivity contribution in [2.24, 2.45) is 0 Å². The van der Waals surface area contributed by atoms with Crippen molar-refractivity contribution in [2.45, 2.75) is 25.2 Å². The number of hydrogen-bond donors (Lipinski definition) is 1. The van der Waals surface area contributed by atoms with E-state index in [1.54, 1.807) is 0 Å². The highest BCUT2D eigenvalue weighted by Gasteiger charge is 2.37. The maximum Gasteiger partial charge on any atom is 0.340 e. The topological polar surface area (TPSA) is 87.8 Å². The molecule has 2 heterocycles. The molecule has 0 saturated carbocycles. The van der Waals surface area contributed by atoms with Crippen LogP contribution in [-0.2, 0) is 10.0 Å². The van der Waals surface area contributed by atoms with Gasteiger partial charge in [0.1, 0.15) is 22.0 Å². The first kappa shape index (κ1) is 12.1. The molecule has 0 unspecified atom stereocenters. The summed E-state index contributed by atoms with van der Waals surface area (Å²) in [5, 5.41) is 9.05. The first-order valence-electron chi connectivity index (χ1n) is 5.19. The molecule has 1 aliphatic heterocycles. The maximum atomic E-state index is 12.2. The molecule has 1 fully saturated rings. The number of aromatic carboxylic acids is 1. The fourth-order valence-corrected chi connectivity index (χ4v) is 3.77. The van der Waals surface area contributed by atoms with Crippen molar-refractivity contribution in [3.05, 3.63) is 17.1 Å². The molecule has 1 aliphatic rings. The lowest BCUT2D eigenvalue weighted by Gasteiger charge is -2.29. The first-order chi connectivity index (χ1) is 7.85. The van der Waals surface area contributed by atoms with E-state index in [-0.39, 0.29) is 22.0 Å². The van der Waals surface area contributed by atoms with Gasteiger partial charge in [0.05, 0.1) is 0 Å². The third kappa shape index (κ3) is 1.75. The van der Waals surface area contributed by atoms with Gasteiger partial charge in [0.15, 0.2) is 0 Å². The number of furan rings is 1. The van der Waals surface area contributed by atoms with Crippen molar-refractivity contribution in [1.82, 2.24) is 4.31 Å². The summed E-state index contributed by atoms with van der Waals surface area (Å²) in [6.45, 7) is 3.79. The van der Waals surface area contributed by atoms with Gasteiger partial charge in [0.2, 0.25) is 10.0 Å². The largest absolute Gasteiger partial charge is 0.478 e. The highest BCUT2D eigenvalue weighted by Crippen LogP contribution is 2.31. The zero-order valence-electron chi connectivity index (χ0n) is 9.56. The molecule has 2 rings (SSSR count). The molecule has 1 aromatic heterocycles. The molecule has 1 aromatic rings. The molecule has 1 saturated heterocycles. The van der Waals surface area contributed by atoms with E-state index in [1.807, 2.05) is 0 Å². The van der Waals surface area contributed by atoms with Gasteiger partial charge in [0.25, 0.3) is 0 Å². The Morgan fingerprint density at radius 1 is 1.29 bits per heavy atom. The molecular formula is C10H13NO5S.